The second kappa shape index (κ2) is 10.1. The first kappa shape index (κ1) is 23.9. The quantitative estimate of drug-likeness (QED) is 0.188. The van der Waals surface area contributed by atoms with Gasteiger partial charge in [0.2, 0.25) is 0 Å². The van der Waals surface area contributed by atoms with E-state index in [0.29, 0.717) is 0 Å². The number of benzene rings is 4. The number of aromatic nitrogens is 2. The number of fused-ring (bicyclic) bond motifs is 1. The van der Waals surface area contributed by atoms with Crippen molar-refractivity contribution in [2.45, 2.75) is 13.8 Å². The van der Waals surface area contributed by atoms with Gasteiger partial charge in [-0.2, -0.15) is 30.3 Å². The van der Waals surface area contributed by atoms with Gasteiger partial charge in [0.15, 0.2) is 0 Å². The van der Waals surface area contributed by atoms with Crippen LogP contribution in [0, 0.1) is 26.6 Å². The van der Waals surface area contributed by atoms with Gasteiger partial charge in [0.25, 0.3) is 0 Å². The standard InChI is InChI=1S/C31H24N4.Ir/c1-22-13-9-11-19-26(22)28-29(27-20-12-10-14-23(27)2)33-31-30(32-28)34(24-15-5-3-6-16-24)21-35(31)25-17-7-4-8-18-25;/h3-17,19-21H,1-2H3;/q-2;. The summed E-state index contributed by atoms with van der Waals surface area (Å²) in [6.07, 6.45) is 0. The van der Waals surface area contributed by atoms with E-state index in [1.807, 2.05) is 42.5 Å². The predicted molar refractivity (Wildman–Crippen MR) is 143 cm³/mol. The number of hydrogen-bond acceptors (Lipinski definition) is 4. The molecule has 0 saturated carbocycles. The third-order valence-electron chi connectivity index (χ3n) is 6.33. The van der Waals surface area contributed by atoms with E-state index in [1.165, 1.54) is 0 Å². The van der Waals surface area contributed by atoms with Crippen LogP contribution < -0.4 is 9.80 Å². The molecule has 0 spiro atoms. The van der Waals surface area contributed by atoms with Gasteiger partial charge in [-0.3, -0.25) is 0 Å². The van der Waals surface area contributed by atoms with Crippen molar-refractivity contribution in [3.8, 4) is 22.5 Å². The molecular weight excluding hydrogens is 621 g/mol. The topological polar surface area (TPSA) is 32.3 Å². The summed E-state index contributed by atoms with van der Waals surface area (Å²) in [5, 5.41) is 0. The molecule has 5 aromatic rings. The number of aryl methyl sites for hydroxylation is 2. The molecule has 4 nitrogen and oxygen atoms in total. The Hall–Kier alpha value is -3.79. The molecule has 0 bridgehead atoms. The van der Waals surface area contributed by atoms with E-state index in [2.05, 4.69) is 97.0 Å². The number of para-hydroxylation sites is 2. The van der Waals surface area contributed by atoms with Crippen molar-refractivity contribution in [3.63, 3.8) is 0 Å². The fourth-order valence-electron chi connectivity index (χ4n) is 4.51. The fraction of sp³-hybridized carbons (Fsp3) is 0.0645. The number of nitrogens with zero attached hydrogens (tertiary/aromatic N) is 4. The summed E-state index contributed by atoms with van der Waals surface area (Å²) in [6.45, 7) is 6.30. The van der Waals surface area contributed by atoms with Crippen molar-refractivity contribution in [3.05, 3.63) is 127 Å². The maximum Gasteiger partial charge on any atom is 0.146 e. The van der Waals surface area contributed by atoms with Crippen molar-refractivity contribution in [2.75, 3.05) is 9.80 Å². The molecule has 179 valence electrons. The molecule has 1 aromatic heterocycles. The van der Waals surface area contributed by atoms with Crippen molar-refractivity contribution in [1.29, 1.82) is 0 Å². The van der Waals surface area contributed by atoms with Gasteiger partial charge in [0, 0.05) is 36.9 Å². The van der Waals surface area contributed by atoms with Crippen molar-refractivity contribution in [1.82, 2.24) is 9.97 Å². The van der Waals surface area contributed by atoms with Crippen molar-refractivity contribution in [2.24, 2.45) is 0 Å². The SMILES string of the molecule is Cc1ccccc1-c1nc2c(nc1-c1ccccc1C)N(c1ccccc1)[CH-]N2c1[c-]cccc1.[Ir]. The van der Waals surface area contributed by atoms with Crippen LogP contribution in [-0.4, -0.2) is 9.97 Å². The molecule has 36 heavy (non-hydrogen) atoms. The summed E-state index contributed by atoms with van der Waals surface area (Å²) >= 11 is 0. The first-order valence-corrected chi connectivity index (χ1v) is 11.7. The van der Waals surface area contributed by atoms with E-state index >= 15 is 0 Å². The molecule has 0 atom stereocenters. The zero-order valence-electron chi connectivity index (χ0n) is 20.0. The van der Waals surface area contributed by atoms with E-state index in [4.69, 9.17) is 9.97 Å². The van der Waals surface area contributed by atoms with Gasteiger partial charge in [-0.25, -0.2) is 9.97 Å². The first-order valence-electron chi connectivity index (χ1n) is 11.7. The molecule has 0 aliphatic carbocycles. The molecule has 1 aliphatic heterocycles. The smallest absolute Gasteiger partial charge is 0.146 e. The number of rotatable bonds is 4. The van der Waals surface area contributed by atoms with Gasteiger partial charge in [0.1, 0.15) is 11.6 Å². The Morgan fingerprint density at radius 3 is 1.69 bits per heavy atom. The van der Waals surface area contributed by atoms with E-state index in [1.54, 1.807) is 0 Å². The summed E-state index contributed by atoms with van der Waals surface area (Å²) in [5.41, 5.74) is 8.19. The summed E-state index contributed by atoms with van der Waals surface area (Å²) in [4.78, 5) is 14.8. The van der Waals surface area contributed by atoms with Gasteiger partial charge < -0.3 is 9.80 Å². The molecule has 4 aromatic carbocycles. The van der Waals surface area contributed by atoms with Gasteiger partial charge in [-0.15, -0.1) is 12.4 Å². The van der Waals surface area contributed by atoms with Crippen LogP contribution in [0.15, 0.2) is 103 Å². The van der Waals surface area contributed by atoms with Gasteiger partial charge >= 0.3 is 0 Å². The summed E-state index contributed by atoms with van der Waals surface area (Å²) in [7, 11) is 0. The molecule has 1 radical (unpaired) electrons. The molecule has 0 unspecified atom stereocenters. The molecule has 6 rings (SSSR count). The molecule has 0 fully saturated rings. The predicted octanol–water partition coefficient (Wildman–Crippen LogP) is 7.63. The van der Waals surface area contributed by atoms with Crippen LogP contribution in [0.4, 0.5) is 23.0 Å². The van der Waals surface area contributed by atoms with Gasteiger partial charge in [-0.1, -0.05) is 66.7 Å². The molecule has 0 amide bonds. The van der Waals surface area contributed by atoms with Crippen LogP contribution in [0.1, 0.15) is 11.1 Å². The normalized spacial score (nSPS) is 12.3. The Morgan fingerprint density at radius 1 is 0.611 bits per heavy atom. The minimum absolute atomic E-state index is 0. The van der Waals surface area contributed by atoms with Gasteiger partial charge in [0.05, 0.1) is 11.4 Å². The van der Waals surface area contributed by atoms with Crippen LogP contribution in [0.25, 0.3) is 22.5 Å². The van der Waals surface area contributed by atoms with E-state index < -0.39 is 0 Å². The first-order chi connectivity index (χ1) is 17.2. The minimum Gasteiger partial charge on any atom is -0.477 e. The zero-order valence-corrected chi connectivity index (χ0v) is 22.4. The van der Waals surface area contributed by atoms with Crippen LogP contribution in [0.3, 0.4) is 0 Å². The molecule has 2 heterocycles. The summed E-state index contributed by atoms with van der Waals surface area (Å²) in [5.74, 6) is 1.58. The average Bonchev–Trinajstić information content (AvgIpc) is 3.28. The maximum absolute atomic E-state index is 5.31. The van der Waals surface area contributed by atoms with Gasteiger partial charge in [-0.05, 0) is 37.1 Å². The Bertz CT molecular complexity index is 1390. The summed E-state index contributed by atoms with van der Waals surface area (Å²) < 4.78 is 0. The maximum atomic E-state index is 5.31. The molecule has 5 heteroatoms. The Morgan fingerprint density at radius 2 is 1.14 bits per heavy atom. The molecule has 0 N–H and O–H groups in total. The second-order valence-electron chi connectivity index (χ2n) is 8.64. The van der Waals surface area contributed by atoms with Crippen molar-refractivity contribution < 1.29 is 20.1 Å². The van der Waals surface area contributed by atoms with Crippen LogP contribution in [0.2, 0.25) is 0 Å². The number of hydrogen-bond donors (Lipinski definition) is 0. The monoisotopic (exact) mass is 645 g/mol. The Kier molecular flexibility index (Phi) is 6.69. The third kappa shape index (κ3) is 4.21. The second-order valence-corrected chi connectivity index (χ2v) is 8.64. The van der Waals surface area contributed by atoms with Crippen molar-refractivity contribution >= 4 is 23.0 Å². The zero-order chi connectivity index (χ0) is 23.8. The Labute approximate surface area is 225 Å². The molecule has 0 saturated heterocycles. The Balaban J connectivity index is 0.00000267. The number of anilines is 4. The fourth-order valence-corrected chi connectivity index (χ4v) is 4.51. The van der Waals surface area contributed by atoms with Crippen LogP contribution >= 0.6 is 0 Å². The van der Waals surface area contributed by atoms with Crippen LogP contribution in [0.5, 0.6) is 0 Å². The third-order valence-corrected chi connectivity index (χ3v) is 6.33. The van der Waals surface area contributed by atoms with E-state index in [9.17, 15) is 0 Å². The average molecular weight is 645 g/mol. The summed E-state index contributed by atoms with van der Waals surface area (Å²) in [6, 6.07) is 38.3. The van der Waals surface area contributed by atoms with Crippen LogP contribution in [-0.2, 0) is 20.1 Å². The molecular formula is C31H24IrN4-2. The van der Waals surface area contributed by atoms with E-state index in [-0.39, 0.29) is 20.1 Å². The molecule has 1 aliphatic rings. The minimum atomic E-state index is 0. The largest absolute Gasteiger partial charge is 0.477 e. The van der Waals surface area contributed by atoms with E-state index in [0.717, 1.165) is 56.7 Å².